The Morgan fingerprint density at radius 3 is 2.38 bits per heavy atom. The van der Waals surface area contributed by atoms with Crippen LogP contribution in [0.5, 0.6) is 0 Å². The molecule has 2 unspecified atom stereocenters. The van der Waals surface area contributed by atoms with E-state index in [9.17, 15) is 40.3 Å². The second-order valence-electron chi connectivity index (χ2n) is 15.2. The molecule has 20 heteroatoms. The highest BCUT2D eigenvalue weighted by molar-refractivity contribution is 7.92. The van der Waals surface area contributed by atoms with Crippen molar-refractivity contribution < 1.29 is 49.1 Å². The lowest BCUT2D eigenvalue weighted by Gasteiger charge is -2.24. The van der Waals surface area contributed by atoms with Crippen LogP contribution in [0, 0.1) is 47.2 Å². The number of carbonyl (C=O) groups is 1. The van der Waals surface area contributed by atoms with Gasteiger partial charge in [-0.2, -0.15) is 32.1 Å². The highest BCUT2D eigenvalue weighted by Gasteiger charge is 2.62. The van der Waals surface area contributed by atoms with Gasteiger partial charge in [-0.3, -0.25) is 18.9 Å². The number of pyridine rings is 1. The maximum absolute atomic E-state index is 15.6. The third-order valence-electron chi connectivity index (χ3n) is 10.6. The van der Waals surface area contributed by atoms with Crippen LogP contribution in [-0.2, 0) is 46.9 Å². The molecule has 0 bridgehead atoms. The van der Waals surface area contributed by atoms with Crippen LogP contribution in [0.15, 0.2) is 42.5 Å². The largest absolute Gasteiger partial charge is 0.435 e. The Bertz CT molecular complexity index is 2860. The van der Waals surface area contributed by atoms with Gasteiger partial charge in [0, 0.05) is 29.8 Å². The van der Waals surface area contributed by atoms with Gasteiger partial charge in [0.25, 0.3) is 0 Å². The van der Waals surface area contributed by atoms with E-state index in [0.717, 1.165) is 31.2 Å². The Hall–Kier alpha value is -5.63. The van der Waals surface area contributed by atoms with Gasteiger partial charge in [-0.05, 0) is 73.9 Å². The third-order valence-corrected chi connectivity index (χ3v) is 11.5. The Morgan fingerprint density at radius 2 is 1.77 bits per heavy atom. The van der Waals surface area contributed by atoms with Gasteiger partial charge >= 0.3 is 12.1 Å². The molecule has 8 rings (SSSR count). The highest BCUT2D eigenvalue weighted by Crippen LogP contribution is 2.58. The molecule has 5 aromatic rings. The molecule has 3 N–H and O–H groups in total. The number of hydrogen-bond donors (Lipinski definition) is 3. The molecule has 312 valence electrons. The predicted molar refractivity (Wildman–Crippen MR) is 204 cm³/mol. The van der Waals surface area contributed by atoms with Crippen LogP contribution >= 0.6 is 11.6 Å². The monoisotopic (exact) mass is 873 g/mol. The van der Waals surface area contributed by atoms with Gasteiger partial charge in [0.15, 0.2) is 11.5 Å². The number of aromatic nitrogens is 5. The van der Waals surface area contributed by atoms with E-state index in [2.05, 4.69) is 43.9 Å². The highest BCUT2D eigenvalue weighted by atomic mass is 35.5. The Kier molecular flexibility index (Phi) is 9.76. The van der Waals surface area contributed by atoms with Crippen molar-refractivity contribution in [3.05, 3.63) is 93.0 Å². The summed E-state index contributed by atoms with van der Waals surface area (Å²) in [7, 11) is -2.36. The zero-order chi connectivity index (χ0) is 43.3. The number of hydrogen-bond acceptors (Lipinski definition) is 7. The number of benzene rings is 2. The van der Waals surface area contributed by atoms with Crippen molar-refractivity contribution in [2.45, 2.75) is 62.4 Å². The maximum atomic E-state index is 15.6. The van der Waals surface area contributed by atoms with Crippen LogP contribution in [0.3, 0.4) is 0 Å². The van der Waals surface area contributed by atoms with Crippen molar-refractivity contribution in [2.24, 2.45) is 18.9 Å². The second-order valence-corrected chi connectivity index (χ2v) is 17.4. The van der Waals surface area contributed by atoms with E-state index >= 15 is 8.78 Å². The van der Waals surface area contributed by atoms with Crippen LogP contribution in [-0.4, -0.2) is 55.8 Å². The Morgan fingerprint density at radius 1 is 1.08 bits per heavy atom. The first-order valence-corrected chi connectivity index (χ1v) is 20.5. The van der Waals surface area contributed by atoms with E-state index in [-0.39, 0.29) is 50.2 Å². The third kappa shape index (κ3) is 7.54. The van der Waals surface area contributed by atoms with Gasteiger partial charge < -0.3 is 10.4 Å². The van der Waals surface area contributed by atoms with Crippen molar-refractivity contribution in [3.63, 3.8) is 0 Å². The molecule has 1 fully saturated rings. The average molecular weight is 874 g/mol. The molecule has 2 aromatic carbocycles. The summed E-state index contributed by atoms with van der Waals surface area (Å²) in [4.78, 5) is 18.8. The summed E-state index contributed by atoms with van der Waals surface area (Å²) in [5, 5.41) is 21.6. The standard InChI is InChI=1S/C40H31ClF7N7O4S/c1-38(57,20-4-5-20)13-12-23-6-7-24(25-9-11-28(41)32-34(25)54(2)52-37(32)53-60(3,58)59)33(49-23)29(16-19-14-21(42)17-22(43)15-19)50-30(56)18-55-36-31(35(51-55)40(46,47)48)26-8-10-27(26)39(36,44)45/h6-7,9,11,14-15,17,20,26-27,29,57H,4-5,16,18H2,1-3H3,(H,50,56)(H,52,53)/t26-,27+,29?,38?/m0/s1. The zero-order valence-electron chi connectivity index (χ0n) is 31.5. The molecule has 3 aromatic heterocycles. The summed E-state index contributed by atoms with van der Waals surface area (Å²) in [6, 6.07) is 7.18. The van der Waals surface area contributed by atoms with E-state index in [1.165, 1.54) is 29.9 Å². The van der Waals surface area contributed by atoms with Crippen LogP contribution < -0.4 is 10.0 Å². The molecule has 3 aliphatic carbocycles. The molecular weight excluding hydrogens is 843 g/mol. The summed E-state index contributed by atoms with van der Waals surface area (Å²) in [5.41, 5.74) is -4.11. The number of nitrogens with one attached hydrogen (secondary N) is 2. The average Bonchev–Trinajstić information content (AvgIpc) is 3.80. The van der Waals surface area contributed by atoms with Crippen molar-refractivity contribution in [1.29, 1.82) is 0 Å². The van der Waals surface area contributed by atoms with Gasteiger partial charge in [0.05, 0.1) is 39.8 Å². The number of aryl methyl sites for hydroxylation is 1. The van der Waals surface area contributed by atoms with Gasteiger partial charge in [0.2, 0.25) is 15.9 Å². The summed E-state index contributed by atoms with van der Waals surface area (Å²) in [6.07, 6.45) is -3.17. The minimum absolute atomic E-state index is 0.0141. The lowest BCUT2D eigenvalue weighted by molar-refractivity contribution is -0.142. The number of halogens is 8. The zero-order valence-corrected chi connectivity index (χ0v) is 33.1. The van der Waals surface area contributed by atoms with Gasteiger partial charge in [-0.25, -0.2) is 22.2 Å². The molecule has 60 heavy (non-hydrogen) atoms. The van der Waals surface area contributed by atoms with E-state index in [1.54, 1.807) is 13.0 Å². The van der Waals surface area contributed by atoms with E-state index in [4.69, 9.17) is 16.6 Å². The molecule has 1 saturated carbocycles. The smallest absolute Gasteiger partial charge is 0.378 e. The first kappa shape index (κ1) is 41.1. The van der Waals surface area contributed by atoms with E-state index in [1.807, 2.05) is 0 Å². The molecule has 3 heterocycles. The van der Waals surface area contributed by atoms with Crippen molar-refractivity contribution in [3.8, 4) is 34.8 Å². The molecule has 3 aliphatic rings. The number of amides is 1. The Balaban J connectivity index is 1.28. The summed E-state index contributed by atoms with van der Waals surface area (Å²) < 4.78 is 131. The minimum Gasteiger partial charge on any atom is -0.378 e. The quantitative estimate of drug-likeness (QED) is 0.106. The molecule has 0 radical (unpaired) electrons. The fourth-order valence-electron chi connectivity index (χ4n) is 7.76. The maximum Gasteiger partial charge on any atom is 0.435 e. The fraction of sp³-hybridized carbons (Fsp3) is 0.350. The first-order valence-electron chi connectivity index (χ1n) is 18.2. The van der Waals surface area contributed by atoms with Crippen molar-refractivity contribution in [1.82, 2.24) is 29.9 Å². The first-order chi connectivity index (χ1) is 28.0. The van der Waals surface area contributed by atoms with Crippen LogP contribution in [0.4, 0.5) is 36.6 Å². The minimum atomic E-state index is -5.16. The topological polar surface area (TPSA) is 144 Å². The number of rotatable bonds is 10. The molecule has 4 atom stereocenters. The lowest BCUT2D eigenvalue weighted by Crippen LogP contribution is -2.36. The summed E-state index contributed by atoms with van der Waals surface area (Å²) >= 11 is 6.59. The van der Waals surface area contributed by atoms with Crippen LogP contribution in [0.2, 0.25) is 5.02 Å². The number of nitrogens with zero attached hydrogens (tertiary/aromatic N) is 5. The van der Waals surface area contributed by atoms with Crippen molar-refractivity contribution in [2.75, 3.05) is 11.0 Å². The normalized spacial score (nSPS) is 19.2. The number of aliphatic hydroxyl groups is 1. The fourth-order valence-corrected chi connectivity index (χ4v) is 8.49. The van der Waals surface area contributed by atoms with E-state index in [0.29, 0.717) is 16.3 Å². The predicted octanol–water partition coefficient (Wildman–Crippen LogP) is 6.59. The van der Waals surface area contributed by atoms with Crippen LogP contribution in [0.25, 0.3) is 22.0 Å². The van der Waals surface area contributed by atoms with Gasteiger partial charge in [-0.15, -0.1) is 0 Å². The number of carbonyl (C=O) groups excluding carboxylic acids is 1. The summed E-state index contributed by atoms with van der Waals surface area (Å²) in [6.45, 7) is 0.398. The SMILES string of the molecule is Cn1nc(NS(C)(=O)=O)c2c(Cl)ccc(-c3ccc(C#CC(C)(O)C4CC4)nc3C(Cc3cc(F)cc(F)c3)NC(=O)Cn3nc(C(F)(F)F)c4c3C(F)(F)[C@@H]3C#C[C@H]43)c21. The van der Waals surface area contributed by atoms with Gasteiger partial charge in [0.1, 0.15) is 41.1 Å². The molecule has 0 saturated heterocycles. The second kappa shape index (κ2) is 14.2. The molecule has 11 nitrogen and oxygen atoms in total. The molecule has 1 amide bonds. The number of sulfonamides is 1. The van der Waals surface area contributed by atoms with Crippen LogP contribution in [0.1, 0.15) is 65.6 Å². The van der Waals surface area contributed by atoms with E-state index < -0.39 is 93.1 Å². The molecule has 0 spiro atoms. The number of alkyl halides is 5. The van der Waals surface area contributed by atoms with Gasteiger partial charge in [-0.1, -0.05) is 35.4 Å². The Labute approximate surface area is 342 Å². The number of fused-ring (bicyclic) bond motifs is 4. The van der Waals surface area contributed by atoms with Crippen molar-refractivity contribution >= 4 is 44.3 Å². The number of anilines is 1. The summed E-state index contributed by atoms with van der Waals surface area (Å²) in [5.74, 6) is -0.134. The lowest BCUT2D eigenvalue weighted by atomic mass is 9.84. The molecular formula is C40H31ClF7N7O4S. The molecule has 0 aliphatic heterocycles.